The van der Waals surface area contributed by atoms with Gasteiger partial charge < -0.3 is 9.30 Å². The van der Waals surface area contributed by atoms with Crippen molar-refractivity contribution in [3.8, 4) is 0 Å². The van der Waals surface area contributed by atoms with E-state index in [0.29, 0.717) is 11.8 Å². The zero-order valence-electron chi connectivity index (χ0n) is 13.9. The smallest absolute Gasteiger partial charge is 0.0952 e. The maximum atomic E-state index is 5.43. The standard InChI is InChI=1S/C19H26N2O/c1-14(2)18-5-4-16(10-15(18)3)11-21-12-19(20-13-21)17-6-8-22-9-7-17/h4-5,10,12-14,17H,6-9,11H2,1-3H3. The van der Waals surface area contributed by atoms with Gasteiger partial charge in [-0.3, -0.25) is 0 Å². The SMILES string of the molecule is Cc1cc(Cn2cnc(C3CCOCC3)c2)ccc1C(C)C. The summed E-state index contributed by atoms with van der Waals surface area (Å²) in [5, 5.41) is 0. The summed E-state index contributed by atoms with van der Waals surface area (Å²) in [7, 11) is 0. The van der Waals surface area contributed by atoms with E-state index in [-0.39, 0.29) is 0 Å². The van der Waals surface area contributed by atoms with Crippen LogP contribution in [0.5, 0.6) is 0 Å². The molecule has 1 fully saturated rings. The highest BCUT2D eigenvalue weighted by Crippen LogP contribution is 2.25. The first-order valence-corrected chi connectivity index (χ1v) is 8.32. The molecule has 118 valence electrons. The minimum absolute atomic E-state index is 0.569. The Morgan fingerprint density at radius 3 is 2.73 bits per heavy atom. The maximum Gasteiger partial charge on any atom is 0.0952 e. The number of benzene rings is 1. The fraction of sp³-hybridized carbons (Fsp3) is 0.526. The van der Waals surface area contributed by atoms with E-state index < -0.39 is 0 Å². The molecule has 0 unspecified atom stereocenters. The fourth-order valence-electron chi connectivity index (χ4n) is 3.36. The summed E-state index contributed by atoms with van der Waals surface area (Å²) < 4.78 is 7.64. The molecule has 1 aromatic heterocycles. The predicted octanol–water partition coefficient (Wildman–Crippen LogP) is 4.26. The average molecular weight is 298 g/mol. The Bertz CT molecular complexity index is 624. The molecule has 0 saturated carbocycles. The van der Waals surface area contributed by atoms with Gasteiger partial charge in [-0.15, -0.1) is 0 Å². The van der Waals surface area contributed by atoms with Gasteiger partial charge in [0.05, 0.1) is 12.0 Å². The molecular formula is C19H26N2O. The van der Waals surface area contributed by atoms with Crippen LogP contribution in [0.25, 0.3) is 0 Å². The number of nitrogens with zero attached hydrogens (tertiary/aromatic N) is 2. The second-order valence-corrected chi connectivity index (χ2v) is 6.70. The van der Waals surface area contributed by atoms with Crippen molar-refractivity contribution >= 4 is 0 Å². The highest BCUT2D eigenvalue weighted by molar-refractivity contribution is 5.33. The van der Waals surface area contributed by atoms with Gasteiger partial charge in [0.15, 0.2) is 0 Å². The third kappa shape index (κ3) is 3.41. The van der Waals surface area contributed by atoms with Gasteiger partial charge in [0.25, 0.3) is 0 Å². The van der Waals surface area contributed by atoms with Gasteiger partial charge in [-0.1, -0.05) is 32.0 Å². The zero-order chi connectivity index (χ0) is 15.5. The van der Waals surface area contributed by atoms with E-state index >= 15 is 0 Å². The lowest BCUT2D eigenvalue weighted by molar-refractivity contribution is 0.0845. The molecule has 1 aliphatic rings. The number of aromatic nitrogens is 2. The summed E-state index contributed by atoms with van der Waals surface area (Å²) in [6.07, 6.45) is 6.37. The van der Waals surface area contributed by atoms with Crippen LogP contribution < -0.4 is 0 Å². The van der Waals surface area contributed by atoms with Crippen molar-refractivity contribution in [1.82, 2.24) is 9.55 Å². The Morgan fingerprint density at radius 2 is 2.05 bits per heavy atom. The normalized spacial score (nSPS) is 16.4. The summed E-state index contributed by atoms with van der Waals surface area (Å²) in [5.41, 5.74) is 5.39. The molecule has 2 aromatic rings. The lowest BCUT2D eigenvalue weighted by atomic mass is 9.96. The van der Waals surface area contributed by atoms with E-state index in [1.54, 1.807) is 0 Å². The predicted molar refractivity (Wildman–Crippen MR) is 89.4 cm³/mol. The van der Waals surface area contributed by atoms with Crippen LogP contribution in [-0.4, -0.2) is 22.8 Å². The van der Waals surface area contributed by atoms with Gasteiger partial charge in [-0.05, 0) is 42.4 Å². The largest absolute Gasteiger partial charge is 0.381 e. The lowest BCUT2D eigenvalue weighted by Gasteiger charge is -2.19. The highest BCUT2D eigenvalue weighted by atomic mass is 16.5. The van der Waals surface area contributed by atoms with Crippen LogP contribution in [0.15, 0.2) is 30.7 Å². The minimum atomic E-state index is 0.569. The average Bonchev–Trinajstić information content (AvgIpc) is 2.96. The molecular weight excluding hydrogens is 272 g/mol. The summed E-state index contributed by atoms with van der Waals surface area (Å²) in [5.74, 6) is 1.16. The van der Waals surface area contributed by atoms with Crippen molar-refractivity contribution in [1.29, 1.82) is 0 Å². The fourth-order valence-corrected chi connectivity index (χ4v) is 3.36. The maximum absolute atomic E-state index is 5.43. The Kier molecular flexibility index (Phi) is 4.63. The molecule has 1 aliphatic heterocycles. The number of hydrogen-bond donors (Lipinski definition) is 0. The van der Waals surface area contributed by atoms with Gasteiger partial charge in [0, 0.05) is 31.9 Å². The van der Waals surface area contributed by atoms with Crippen molar-refractivity contribution in [2.45, 2.75) is 52.0 Å². The Labute approximate surface area is 133 Å². The third-order valence-electron chi connectivity index (χ3n) is 4.61. The molecule has 3 nitrogen and oxygen atoms in total. The summed E-state index contributed by atoms with van der Waals surface area (Å²) >= 11 is 0. The number of imidazole rings is 1. The van der Waals surface area contributed by atoms with Crippen molar-refractivity contribution in [3.05, 3.63) is 53.1 Å². The quantitative estimate of drug-likeness (QED) is 0.843. The van der Waals surface area contributed by atoms with Crippen LogP contribution >= 0.6 is 0 Å². The lowest BCUT2D eigenvalue weighted by Crippen LogP contribution is -2.14. The van der Waals surface area contributed by atoms with Crippen LogP contribution in [0.3, 0.4) is 0 Å². The second-order valence-electron chi connectivity index (χ2n) is 6.70. The van der Waals surface area contributed by atoms with E-state index in [1.165, 1.54) is 22.4 Å². The molecule has 3 heteroatoms. The molecule has 1 aromatic carbocycles. The zero-order valence-corrected chi connectivity index (χ0v) is 13.9. The van der Waals surface area contributed by atoms with Crippen LogP contribution in [-0.2, 0) is 11.3 Å². The molecule has 22 heavy (non-hydrogen) atoms. The van der Waals surface area contributed by atoms with Gasteiger partial charge in [-0.2, -0.15) is 0 Å². The summed E-state index contributed by atoms with van der Waals surface area (Å²) in [4.78, 5) is 4.61. The van der Waals surface area contributed by atoms with E-state index in [1.807, 2.05) is 6.33 Å². The Morgan fingerprint density at radius 1 is 1.27 bits per heavy atom. The molecule has 0 N–H and O–H groups in total. The second kappa shape index (κ2) is 6.66. The number of ether oxygens (including phenoxy) is 1. The highest BCUT2D eigenvalue weighted by Gasteiger charge is 2.18. The van der Waals surface area contributed by atoms with Crippen LogP contribution in [0, 0.1) is 6.92 Å². The number of hydrogen-bond acceptors (Lipinski definition) is 2. The number of aryl methyl sites for hydroxylation is 1. The molecule has 0 amide bonds. The Balaban J connectivity index is 1.71. The van der Waals surface area contributed by atoms with Gasteiger partial charge >= 0.3 is 0 Å². The van der Waals surface area contributed by atoms with E-state index in [2.05, 4.69) is 54.7 Å². The molecule has 1 saturated heterocycles. The van der Waals surface area contributed by atoms with Crippen LogP contribution in [0.4, 0.5) is 0 Å². The molecule has 0 spiro atoms. The first kappa shape index (κ1) is 15.3. The molecule has 2 heterocycles. The van der Waals surface area contributed by atoms with Gasteiger partial charge in [0.1, 0.15) is 0 Å². The first-order valence-electron chi connectivity index (χ1n) is 8.32. The molecule has 0 radical (unpaired) electrons. The van der Waals surface area contributed by atoms with Crippen LogP contribution in [0.2, 0.25) is 0 Å². The van der Waals surface area contributed by atoms with E-state index in [0.717, 1.165) is 32.6 Å². The topological polar surface area (TPSA) is 27.1 Å². The van der Waals surface area contributed by atoms with Crippen molar-refractivity contribution in [2.75, 3.05) is 13.2 Å². The van der Waals surface area contributed by atoms with Gasteiger partial charge in [-0.25, -0.2) is 4.98 Å². The summed E-state index contributed by atoms with van der Waals surface area (Å²) in [6.45, 7) is 9.34. The van der Waals surface area contributed by atoms with Crippen LogP contribution in [0.1, 0.15) is 60.9 Å². The molecule has 0 atom stereocenters. The summed E-state index contributed by atoms with van der Waals surface area (Å²) in [6, 6.07) is 6.82. The monoisotopic (exact) mass is 298 g/mol. The number of rotatable bonds is 4. The van der Waals surface area contributed by atoms with E-state index in [4.69, 9.17) is 4.74 Å². The van der Waals surface area contributed by atoms with Crippen molar-refractivity contribution in [2.24, 2.45) is 0 Å². The molecule has 0 aliphatic carbocycles. The first-order chi connectivity index (χ1) is 10.6. The van der Waals surface area contributed by atoms with E-state index in [9.17, 15) is 0 Å². The molecule has 3 rings (SSSR count). The van der Waals surface area contributed by atoms with Gasteiger partial charge in [0.2, 0.25) is 0 Å². The Hall–Kier alpha value is -1.61. The minimum Gasteiger partial charge on any atom is -0.381 e. The van der Waals surface area contributed by atoms with Crippen molar-refractivity contribution < 1.29 is 4.74 Å². The third-order valence-corrected chi connectivity index (χ3v) is 4.61. The molecule has 0 bridgehead atoms. The van der Waals surface area contributed by atoms with Crippen molar-refractivity contribution in [3.63, 3.8) is 0 Å².